The first kappa shape index (κ1) is 23.1. The number of halogens is 2. The Labute approximate surface area is 190 Å². The maximum atomic E-state index is 11.9. The molecular formula is C19H19Br2N3O4S. The van der Waals surface area contributed by atoms with E-state index in [2.05, 4.69) is 48.0 Å². The number of thiocarbonyl (C=S) groups is 1. The summed E-state index contributed by atoms with van der Waals surface area (Å²) in [5.74, 6) is 0.183. The number of aryl methyl sites for hydroxylation is 2. The van der Waals surface area contributed by atoms with Crippen LogP contribution in [0.15, 0.2) is 45.3 Å². The molecule has 2 aromatic carbocycles. The first-order valence-corrected chi connectivity index (χ1v) is 10.4. The van der Waals surface area contributed by atoms with E-state index in [-0.39, 0.29) is 18.3 Å². The van der Waals surface area contributed by atoms with E-state index < -0.39 is 11.8 Å². The van der Waals surface area contributed by atoms with Crippen molar-refractivity contribution in [3.63, 3.8) is 0 Å². The van der Waals surface area contributed by atoms with Gasteiger partial charge in [-0.1, -0.05) is 22.0 Å². The van der Waals surface area contributed by atoms with Crippen LogP contribution in [-0.4, -0.2) is 30.1 Å². The number of rotatable bonds is 6. The fourth-order valence-electron chi connectivity index (χ4n) is 2.08. The molecule has 3 N–H and O–H groups in total. The van der Waals surface area contributed by atoms with Crippen molar-refractivity contribution in [2.45, 2.75) is 13.8 Å². The molecule has 0 saturated heterocycles. The molecule has 0 saturated carbocycles. The van der Waals surface area contributed by atoms with Gasteiger partial charge in [0, 0.05) is 4.47 Å². The van der Waals surface area contributed by atoms with Crippen LogP contribution in [0, 0.1) is 13.8 Å². The molecule has 2 rings (SSSR count). The lowest BCUT2D eigenvalue weighted by molar-refractivity contribution is -0.124. The number of nitrogens with one attached hydrogen (secondary N) is 3. The Bertz CT molecular complexity index is 924. The van der Waals surface area contributed by atoms with Gasteiger partial charge in [0.15, 0.2) is 18.3 Å². The van der Waals surface area contributed by atoms with Gasteiger partial charge < -0.3 is 9.47 Å². The van der Waals surface area contributed by atoms with Crippen molar-refractivity contribution in [1.29, 1.82) is 0 Å². The van der Waals surface area contributed by atoms with E-state index in [9.17, 15) is 9.59 Å². The van der Waals surface area contributed by atoms with E-state index >= 15 is 0 Å². The molecule has 0 radical (unpaired) electrons. The van der Waals surface area contributed by atoms with Gasteiger partial charge in [-0.05, 0) is 83.5 Å². The van der Waals surface area contributed by atoms with Gasteiger partial charge in [0.25, 0.3) is 11.8 Å². The summed E-state index contributed by atoms with van der Waals surface area (Å²) in [5, 5.41) is 2.34. The summed E-state index contributed by atoms with van der Waals surface area (Å²) in [6.07, 6.45) is 0. The fraction of sp³-hybridized carbons (Fsp3) is 0.211. The molecule has 0 heterocycles. The Morgan fingerprint density at radius 2 is 1.66 bits per heavy atom. The number of amides is 2. The van der Waals surface area contributed by atoms with Crippen molar-refractivity contribution >= 4 is 61.0 Å². The molecular weight excluding hydrogens is 526 g/mol. The van der Waals surface area contributed by atoms with Gasteiger partial charge in [0.05, 0.1) is 4.47 Å². The largest absolute Gasteiger partial charge is 0.484 e. The molecule has 0 bridgehead atoms. The first-order valence-electron chi connectivity index (χ1n) is 8.41. The topological polar surface area (TPSA) is 88.7 Å². The third-order valence-corrected chi connectivity index (χ3v) is 5.23. The van der Waals surface area contributed by atoms with E-state index in [4.69, 9.17) is 21.7 Å². The molecule has 0 spiro atoms. The standard InChI is InChI=1S/C19H19Br2N3O4S/c1-11-3-6-16(15(21)7-11)28-10-18(26)23-24-19(29)22-17(25)9-27-13-4-5-14(20)12(2)8-13/h3-8H,9-10H2,1-2H3,(H,23,26)(H2,22,24,25,29). The first-order chi connectivity index (χ1) is 13.7. The Morgan fingerprint density at radius 3 is 2.34 bits per heavy atom. The van der Waals surface area contributed by atoms with Crippen LogP contribution >= 0.6 is 44.1 Å². The van der Waals surface area contributed by atoms with Gasteiger partial charge in [-0.2, -0.15) is 0 Å². The van der Waals surface area contributed by atoms with Gasteiger partial charge in [-0.15, -0.1) is 0 Å². The number of ether oxygens (including phenoxy) is 2. The smallest absolute Gasteiger partial charge is 0.276 e. The fourth-order valence-corrected chi connectivity index (χ4v) is 3.10. The van der Waals surface area contributed by atoms with E-state index in [0.29, 0.717) is 11.5 Å². The van der Waals surface area contributed by atoms with E-state index in [0.717, 1.165) is 20.1 Å². The zero-order valence-corrected chi connectivity index (χ0v) is 19.7. The Balaban J connectivity index is 1.68. The second-order valence-corrected chi connectivity index (χ2v) is 8.09. The maximum absolute atomic E-state index is 11.9. The molecule has 0 fully saturated rings. The van der Waals surface area contributed by atoms with Gasteiger partial charge in [0.1, 0.15) is 11.5 Å². The van der Waals surface area contributed by atoms with Crippen molar-refractivity contribution in [3.05, 3.63) is 56.5 Å². The molecule has 7 nitrogen and oxygen atoms in total. The van der Waals surface area contributed by atoms with Gasteiger partial charge in [-0.25, -0.2) is 0 Å². The number of carbonyl (C=O) groups is 2. The molecule has 2 aromatic rings. The Hall–Kier alpha value is -2.17. The number of hydrazine groups is 1. The lowest BCUT2D eigenvalue weighted by atomic mass is 10.2. The lowest BCUT2D eigenvalue weighted by Crippen LogP contribution is -2.50. The summed E-state index contributed by atoms with van der Waals surface area (Å²) >= 11 is 11.7. The van der Waals surface area contributed by atoms with Gasteiger partial charge >= 0.3 is 0 Å². The number of hydrogen-bond acceptors (Lipinski definition) is 5. The minimum Gasteiger partial charge on any atom is -0.484 e. The molecule has 10 heteroatoms. The lowest BCUT2D eigenvalue weighted by Gasteiger charge is -2.12. The zero-order valence-electron chi connectivity index (χ0n) is 15.7. The monoisotopic (exact) mass is 543 g/mol. The molecule has 29 heavy (non-hydrogen) atoms. The molecule has 0 aliphatic heterocycles. The van der Waals surface area contributed by atoms with Crippen molar-refractivity contribution in [3.8, 4) is 11.5 Å². The van der Waals surface area contributed by atoms with Crippen molar-refractivity contribution in [2.24, 2.45) is 0 Å². The van der Waals surface area contributed by atoms with Crippen molar-refractivity contribution in [2.75, 3.05) is 13.2 Å². The Morgan fingerprint density at radius 1 is 0.931 bits per heavy atom. The summed E-state index contributed by atoms with van der Waals surface area (Å²) < 4.78 is 12.5. The van der Waals surface area contributed by atoms with E-state index in [1.54, 1.807) is 18.2 Å². The zero-order chi connectivity index (χ0) is 21.4. The third-order valence-electron chi connectivity index (χ3n) is 3.51. The Kier molecular flexibility index (Phi) is 8.87. The highest BCUT2D eigenvalue weighted by atomic mass is 79.9. The second kappa shape index (κ2) is 11.1. The quantitative estimate of drug-likeness (QED) is 0.382. The molecule has 154 valence electrons. The highest BCUT2D eigenvalue weighted by Crippen LogP contribution is 2.25. The number of hydrogen-bond donors (Lipinski definition) is 3. The second-order valence-electron chi connectivity index (χ2n) is 5.97. The molecule has 2 amide bonds. The van der Waals surface area contributed by atoms with Crippen LogP contribution in [0.25, 0.3) is 0 Å². The number of carbonyl (C=O) groups excluding carboxylic acids is 2. The summed E-state index contributed by atoms with van der Waals surface area (Å²) in [6, 6.07) is 10.9. The van der Waals surface area contributed by atoms with Crippen LogP contribution < -0.4 is 25.6 Å². The van der Waals surface area contributed by atoms with Crippen molar-refractivity contribution < 1.29 is 19.1 Å². The van der Waals surface area contributed by atoms with Gasteiger partial charge in [0.2, 0.25) is 0 Å². The predicted octanol–water partition coefficient (Wildman–Crippen LogP) is 3.31. The van der Waals surface area contributed by atoms with Crippen LogP contribution in [0.5, 0.6) is 11.5 Å². The summed E-state index contributed by atoms with van der Waals surface area (Å²) in [4.78, 5) is 23.7. The summed E-state index contributed by atoms with van der Waals surface area (Å²) in [5.41, 5.74) is 6.83. The van der Waals surface area contributed by atoms with Crippen molar-refractivity contribution in [1.82, 2.24) is 16.2 Å². The normalized spacial score (nSPS) is 10.1. The predicted molar refractivity (Wildman–Crippen MR) is 121 cm³/mol. The van der Waals surface area contributed by atoms with E-state index in [1.165, 1.54) is 0 Å². The minimum absolute atomic E-state index is 0.0598. The number of benzene rings is 2. The van der Waals surface area contributed by atoms with Crippen LogP contribution in [0.2, 0.25) is 0 Å². The summed E-state index contributed by atoms with van der Waals surface area (Å²) in [6.45, 7) is 3.42. The minimum atomic E-state index is -0.462. The van der Waals surface area contributed by atoms with Crippen LogP contribution in [0.1, 0.15) is 11.1 Å². The SMILES string of the molecule is Cc1ccc(OCC(=O)NNC(=S)NC(=O)COc2ccc(Br)c(C)c2)c(Br)c1. The summed E-state index contributed by atoms with van der Waals surface area (Å²) in [7, 11) is 0. The van der Waals surface area contributed by atoms with Gasteiger partial charge in [-0.3, -0.25) is 25.8 Å². The molecule has 0 aliphatic carbocycles. The molecule has 0 aliphatic rings. The molecule has 0 aromatic heterocycles. The average molecular weight is 545 g/mol. The van der Waals surface area contributed by atoms with Crippen LogP contribution in [-0.2, 0) is 9.59 Å². The highest BCUT2D eigenvalue weighted by molar-refractivity contribution is 9.10. The maximum Gasteiger partial charge on any atom is 0.276 e. The average Bonchev–Trinajstić information content (AvgIpc) is 2.66. The third kappa shape index (κ3) is 8.00. The highest BCUT2D eigenvalue weighted by Gasteiger charge is 2.09. The van der Waals surface area contributed by atoms with E-state index in [1.807, 2.05) is 32.0 Å². The van der Waals surface area contributed by atoms with Crippen LogP contribution in [0.3, 0.4) is 0 Å². The molecule has 0 unspecified atom stereocenters. The molecule has 0 atom stereocenters. The van der Waals surface area contributed by atoms with Crippen LogP contribution in [0.4, 0.5) is 0 Å².